The van der Waals surface area contributed by atoms with Crippen LogP contribution in [0.3, 0.4) is 0 Å². The van der Waals surface area contributed by atoms with Gasteiger partial charge in [-0.25, -0.2) is 0 Å². The van der Waals surface area contributed by atoms with E-state index in [0.29, 0.717) is 6.10 Å². The molecule has 2 rings (SSSR count). The Kier molecular flexibility index (Phi) is 2.85. The Morgan fingerprint density at radius 3 is 2.93 bits per heavy atom. The van der Waals surface area contributed by atoms with Crippen LogP contribution >= 0.6 is 0 Å². The molecule has 2 heteroatoms. The van der Waals surface area contributed by atoms with Gasteiger partial charge in [0, 0.05) is 13.1 Å². The summed E-state index contributed by atoms with van der Waals surface area (Å²) in [5, 5.41) is 3.38. The van der Waals surface area contributed by atoms with E-state index in [2.05, 4.69) is 43.4 Å². The maximum atomic E-state index is 5.86. The molecule has 1 aromatic rings. The molecule has 0 amide bonds. The normalized spacial score (nSPS) is 27.6. The summed E-state index contributed by atoms with van der Waals surface area (Å²) in [6, 6.07) is 8.54. The van der Waals surface area contributed by atoms with E-state index < -0.39 is 0 Å². The molecule has 0 saturated carbocycles. The summed E-state index contributed by atoms with van der Waals surface area (Å²) in [5.74, 6) is 0. The van der Waals surface area contributed by atoms with Crippen LogP contribution in [0, 0.1) is 6.92 Å². The Hall–Kier alpha value is -0.860. The van der Waals surface area contributed by atoms with Gasteiger partial charge < -0.3 is 10.1 Å². The molecule has 1 aliphatic rings. The van der Waals surface area contributed by atoms with Crippen LogP contribution < -0.4 is 5.32 Å². The molecule has 0 aliphatic carbocycles. The lowest BCUT2D eigenvalue weighted by atomic mass is 10.1. The first-order valence-electron chi connectivity index (χ1n) is 5.18. The standard InChI is InChI=1S/C12H17NO/c1-9-4-3-5-11(6-9)12-8-13-7-10(2)14-12/h3-6,10,12-13H,7-8H2,1-2H3. The number of aryl methyl sites for hydroxylation is 1. The van der Waals surface area contributed by atoms with E-state index in [-0.39, 0.29) is 6.10 Å². The summed E-state index contributed by atoms with van der Waals surface area (Å²) >= 11 is 0. The lowest BCUT2D eigenvalue weighted by Gasteiger charge is -2.29. The van der Waals surface area contributed by atoms with Crippen LogP contribution in [0.4, 0.5) is 0 Å². The topological polar surface area (TPSA) is 21.3 Å². The van der Waals surface area contributed by atoms with Crippen molar-refractivity contribution in [2.24, 2.45) is 0 Å². The Labute approximate surface area is 85.3 Å². The van der Waals surface area contributed by atoms with Gasteiger partial charge in [0.05, 0.1) is 12.2 Å². The van der Waals surface area contributed by atoms with E-state index in [1.54, 1.807) is 0 Å². The third-order valence-corrected chi connectivity index (χ3v) is 2.57. The molecule has 1 fully saturated rings. The number of ether oxygens (including phenoxy) is 1. The summed E-state index contributed by atoms with van der Waals surface area (Å²) in [6.45, 7) is 6.11. The molecule has 14 heavy (non-hydrogen) atoms. The summed E-state index contributed by atoms with van der Waals surface area (Å²) in [7, 11) is 0. The average molecular weight is 191 g/mol. The number of rotatable bonds is 1. The van der Waals surface area contributed by atoms with Gasteiger partial charge in [-0.15, -0.1) is 0 Å². The van der Waals surface area contributed by atoms with Crippen LogP contribution in [0.25, 0.3) is 0 Å². The fourth-order valence-corrected chi connectivity index (χ4v) is 1.86. The summed E-state index contributed by atoms with van der Waals surface area (Å²) in [4.78, 5) is 0. The molecule has 0 bridgehead atoms. The molecule has 2 unspecified atom stereocenters. The summed E-state index contributed by atoms with van der Waals surface area (Å²) in [5.41, 5.74) is 2.58. The lowest BCUT2D eigenvalue weighted by Crippen LogP contribution is -2.38. The number of benzene rings is 1. The van der Waals surface area contributed by atoms with Crippen molar-refractivity contribution in [1.82, 2.24) is 5.32 Å². The minimum Gasteiger partial charge on any atom is -0.368 e. The smallest absolute Gasteiger partial charge is 0.0953 e. The highest BCUT2D eigenvalue weighted by Gasteiger charge is 2.19. The first kappa shape index (κ1) is 9.69. The Balaban J connectivity index is 2.14. The number of nitrogens with one attached hydrogen (secondary N) is 1. The third-order valence-electron chi connectivity index (χ3n) is 2.57. The van der Waals surface area contributed by atoms with Crippen molar-refractivity contribution >= 4 is 0 Å². The lowest BCUT2D eigenvalue weighted by molar-refractivity contribution is -0.0287. The monoisotopic (exact) mass is 191 g/mol. The summed E-state index contributed by atoms with van der Waals surface area (Å²) in [6.07, 6.45) is 0.535. The van der Waals surface area contributed by atoms with Gasteiger partial charge in [-0.2, -0.15) is 0 Å². The van der Waals surface area contributed by atoms with Gasteiger partial charge in [0.1, 0.15) is 0 Å². The van der Waals surface area contributed by atoms with Gasteiger partial charge in [-0.3, -0.25) is 0 Å². The molecule has 1 N–H and O–H groups in total. The van der Waals surface area contributed by atoms with E-state index in [1.165, 1.54) is 11.1 Å². The highest BCUT2D eigenvalue weighted by atomic mass is 16.5. The number of hydrogen-bond acceptors (Lipinski definition) is 2. The van der Waals surface area contributed by atoms with Crippen molar-refractivity contribution in [3.63, 3.8) is 0 Å². The first-order valence-corrected chi connectivity index (χ1v) is 5.18. The third kappa shape index (κ3) is 2.14. The van der Waals surface area contributed by atoms with E-state index in [1.807, 2.05) is 0 Å². The van der Waals surface area contributed by atoms with Crippen LogP contribution in [-0.2, 0) is 4.74 Å². The fourth-order valence-electron chi connectivity index (χ4n) is 1.86. The molecule has 2 nitrogen and oxygen atoms in total. The molecule has 0 aromatic heterocycles. The SMILES string of the molecule is Cc1cccc(C2CNCC(C)O2)c1. The quantitative estimate of drug-likeness (QED) is 0.733. The van der Waals surface area contributed by atoms with Crippen molar-refractivity contribution in [1.29, 1.82) is 0 Å². The minimum atomic E-state index is 0.221. The molecule has 76 valence electrons. The van der Waals surface area contributed by atoms with Crippen molar-refractivity contribution in [3.8, 4) is 0 Å². The van der Waals surface area contributed by atoms with Gasteiger partial charge in [-0.05, 0) is 19.4 Å². The first-order chi connectivity index (χ1) is 6.75. The van der Waals surface area contributed by atoms with Gasteiger partial charge in [0.2, 0.25) is 0 Å². The van der Waals surface area contributed by atoms with Crippen LogP contribution in [0.1, 0.15) is 24.2 Å². The fraction of sp³-hybridized carbons (Fsp3) is 0.500. The van der Waals surface area contributed by atoms with Crippen molar-refractivity contribution in [2.75, 3.05) is 13.1 Å². The zero-order valence-corrected chi connectivity index (χ0v) is 8.79. The molecule has 1 aromatic carbocycles. The largest absolute Gasteiger partial charge is 0.368 e. The zero-order valence-electron chi connectivity index (χ0n) is 8.79. The van der Waals surface area contributed by atoms with E-state index in [0.717, 1.165) is 13.1 Å². The van der Waals surface area contributed by atoms with Gasteiger partial charge >= 0.3 is 0 Å². The molecular formula is C12H17NO. The molecular weight excluding hydrogens is 174 g/mol. The maximum absolute atomic E-state index is 5.86. The highest BCUT2D eigenvalue weighted by molar-refractivity contribution is 5.24. The van der Waals surface area contributed by atoms with Crippen LogP contribution in [0.15, 0.2) is 24.3 Å². The second-order valence-corrected chi connectivity index (χ2v) is 4.01. The Morgan fingerprint density at radius 2 is 2.21 bits per heavy atom. The van der Waals surface area contributed by atoms with Crippen molar-refractivity contribution in [2.45, 2.75) is 26.1 Å². The maximum Gasteiger partial charge on any atom is 0.0953 e. The van der Waals surface area contributed by atoms with Crippen molar-refractivity contribution in [3.05, 3.63) is 35.4 Å². The number of hydrogen-bond donors (Lipinski definition) is 1. The second-order valence-electron chi connectivity index (χ2n) is 4.01. The second kappa shape index (κ2) is 4.11. The predicted octanol–water partition coefficient (Wildman–Crippen LogP) is 2.04. The summed E-state index contributed by atoms with van der Waals surface area (Å²) < 4.78 is 5.86. The molecule has 1 saturated heterocycles. The predicted molar refractivity (Wildman–Crippen MR) is 57.3 cm³/mol. The number of morpholine rings is 1. The highest BCUT2D eigenvalue weighted by Crippen LogP contribution is 2.21. The van der Waals surface area contributed by atoms with Crippen molar-refractivity contribution < 1.29 is 4.74 Å². The molecule has 0 spiro atoms. The average Bonchev–Trinajstić information content (AvgIpc) is 2.18. The van der Waals surface area contributed by atoms with Gasteiger partial charge in [0.25, 0.3) is 0 Å². The van der Waals surface area contributed by atoms with E-state index >= 15 is 0 Å². The van der Waals surface area contributed by atoms with Gasteiger partial charge in [0.15, 0.2) is 0 Å². The zero-order chi connectivity index (χ0) is 9.97. The molecule has 1 heterocycles. The van der Waals surface area contributed by atoms with Crippen LogP contribution in [-0.4, -0.2) is 19.2 Å². The molecule has 1 aliphatic heterocycles. The van der Waals surface area contributed by atoms with E-state index in [4.69, 9.17) is 4.74 Å². The van der Waals surface area contributed by atoms with Gasteiger partial charge in [-0.1, -0.05) is 29.8 Å². The Bertz CT molecular complexity index is 311. The van der Waals surface area contributed by atoms with E-state index in [9.17, 15) is 0 Å². The minimum absolute atomic E-state index is 0.221. The molecule has 0 radical (unpaired) electrons. The molecule has 2 atom stereocenters. The van der Waals surface area contributed by atoms with Crippen LogP contribution in [0.5, 0.6) is 0 Å². The van der Waals surface area contributed by atoms with Crippen LogP contribution in [0.2, 0.25) is 0 Å². The Morgan fingerprint density at radius 1 is 1.36 bits per heavy atom.